The van der Waals surface area contributed by atoms with Crippen LogP contribution in [0, 0.1) is 0 Å². The molecule has 0 aromatic rings. The molecule has 1 aliphatic rings. The SMILES string of the molecule is OCCCCCCC1C=CSS1. The van der Waals surface area contributed by atoms with Crippen molar-refractivity contribution in [1.82, 2.24) is 0 Å². The van der Waals surface area contributed by atoms with Gasteiger partial charge in [0.2, 0.25) is 0 Å². The normalized spacial score (nSPS) is 21.9. The molecule has 1 atom stereocenters. The van der Waals surface area contributed by atoms with E-state index in [4.69, 9.17) is 5.11 Å². The molecule has 0 bridgehead atoms. The standard InChI is InChI=1S/C9H16OS2/c10-7-4-2-1-3-5-9-6-8-11-12-9/h6,8-10H,1-5,7H2. The van der Waals surface area contributed by atoms with Crippen molar-refractivity contribution in [3.8, 4) is 0 Å². The van der Waals surface area contributed by atoms with Crippen LogP contribution in [0.25, 0.3) is 0 Å². The van der Waals surface area contributed by atoms with Gasteiger partial charge in [-0.05, 0) is 18.2 Å². The Morgan fingerprint density at radius 1 is 1.17 bits per heavy atom. The van der Waals surface area contributed by atoms with E-state index in [0.29, 0.717) is 6.61 Å². The van der Waals surface area contributed by atoms with Gasteiger partial charge < -0.3 is 5.11 Å². The molecule has 1 rings (SSSR count). The molecule has 0 saturated heterocycles. The minimum absolute atomic E-state index is 0.355. The lowest BCUT2D eigenvalue weighted by atomic mass is 10.1. The van der Waals surface area contributed by atoms with Gasteiger partial charge >= 0.3 is 0 Å². The highest BCUT2D eigenvalue weighted by Crippen LogP contribution is 2.37. The molecular formula is C9H16OS2. The summed E-state index contributed by atoms with van der Waals surface area (Å²) < 4.78 is 0. The number of rotatable bonds is 6. The fourth-order valence-electron chi connectivity index (χ4n) is 1.21. The topological polar surface area (TPSA) is 20.2 Å². The zero-order valence-electron chi connectivity index (χ0n) is 7.24. The Morgan fingerprint density at radius 3 is 2.67 bits per heavy atom. The smallest absolute Gasteiger partial charge is 0.0431 e. The van der Waals surface area contributed by atoms with Crippen LogP contribution >= 0.6 is 21.6 Å². The number of hydrogen-bond acceptors (Lipinski definition) is 3. The highest BCUT2D eigenvalue weighted by molar-refractivity contribution is 8.78. The van der Waals surface area contributed by atoms with E-state index in [2.05, 4.69) is 11.5 Å². The van der Waals surface area contributed by atoms with E-state index in [1.165, 1.54) is 25.7 Å². The van der Waals surface area contributed by atoms with E-state index in [0.717, 1.165) is 11.7 Å². The summed E-state index contributed by atoms with van der Waals surface area (Å²) in [5.74, 6) is 0. The molecule has 0 amide bonds. The van der Waals surface area contributed by atoms with Crippen molar-refractivity contribution in [3.05, 3.63) is 11.5 Å². The van der Waals surface area contributed by atoms with E-state index >= 15 is 0 Å². The zero-order chi connectivity index (χ0) is 8.65. The molecule has 1 aliphatic heterocycles. The lowest BCUT2D eigenvalue weighted by Crippen LogP contribution is -1.93. The first-order valence-corrected chi connectivity index (χ1v) is 6.81. The Kier molecular flexibility index (Phi) is 6.00. The van der Waals surface area contributed by atoms with Crippen LogP contribution in [0.4, 0.5) is 0 Å². The quantitative estimate of drug-likeness (QED) is 0.530. The van der Waals surface area contributed by atoms with Crippen molar-refractivity contribution in [3.63, 3.8) is 0 Å². The Labute approximate surface area is 82.4 Å². The van der Waals surface area contributed by atoms with Crippen LogP contribution in [0.1, 0.15) is 32.1 Å². The molecule has 70 valence electrons. The number of aliphatic hydroxyl groups excluding tert-OH is 1. The summed E-state index contributed by atoms with van der Waals surface area (Å²) in [6, 6.07) is 0. The Morgan fingerprint density at radius 2 is 2.00 bits per heavy atom. The summed E-state index contributed by atoms with van der Waals surface area (Å²) in [5.41, 5.74) is 0. The Balaban J connectivity index is 1.85. The van der Waals surface area contributed by atoms with Crippen LogP contribution < -0.4 is 0 Å². The summed E-state index contributed by atoms with van der Waals surface area (Å²) in [4.78, 5) is 0. The minimum atomic E-state index is 0.355. The zero-order valence-corrected chi connectivity index (χ0v) is 8.87. The number of aliphatic hydroxyl groups is 1. The molecular weight excluding hydrogens is 188 g/mol. The lowest BCUT2D eigenvalue weighted by molar-refractivity contribution is 0.282. The Hall–Kier alpha value is 0.400. The van der Waals surface area contributed by atoms with Gasteiger partial charge in [0.05, 0.1) is 0 Å². The van der Waals surface area contributed by atoms with Gasteiger partial charge in [-0.3, -0.25) is 0 Å². The van der Waals surface area contributed by atoms with E-state index in [1.807, 2.05) is 21.6 Å². The summed E-state index contributed by atoms with van der Waals surface area (Å²) in [5, 5.41) is 11.5. The van der Waals surface area contributed by atoms with Crippen molar-refractivity contribution >= 4 is 21.6 Å². The van der Waals surface area contributed by atoms with E-state index < -0.39 is 0 Å². The van der Waals surface area contributed by atoms with E-state index in [9.17, 15) is 0 Å². The Bertz CT molecular complexity index is 136. The third-order valence-corrected chi connectivity index (χ3v) is 4.35. The van der Waals surface area contributed by atoms with E-state index in [1.54, 1.807) is 0 Å². The second-order valence-electron chi connectivity index (χ2n) is 2.99. The monoisotopic (exact) mass is 204 g/mol. The second-order valence-corrected chi connectivity index (χ2v) is 5.40. The van der Waals surface area contributed by atoms with Crippen LogP contribution in [0.5, 0.6) is 0 Å². The highest BCUT2D eigenvalue weighted by atomic mass is 33.1. The van der Waals surface area contributed by atoms with Crippen LogP contribution in [0.15, 0.2) is 11.5 Å². The van der Waals surface area contributed by atoms with Crippen LogP contribution in [-0.4, -0.2) is 17.0 Å². The second kappa shape index (κ2) is 6.87. The highest BCUT2D eigenvalue weighted by Gasteiger charge is 2.09. The maximum absolute atomic E-state index is 8.56. The van der Waals surface area contributed by atoms with Crippen molar-refractivity contribution in [2.45, 2.75) is 37.4 Å². The first kappa shape index (κ1) is 10.5. The third-order valence-electron chi connectivity index (χ3n) is 1.92. The number of unbranched alkanes of at least 4 members (excludes halogenated alkanes) is 3. The predicted octanol–water partition coefficient (Wildman–Crippen LogP) is 3.21. The molecule has 3 heteroatoms. The van der Waals surface area contributed by atoms with Crippen molar-refractivity contribution in [1.29, 1.82) is 0 Å². The van der Waals surface area contributed by atoms with Crippen LogP contribution in [-0.2, 0) is 0 Å². The first-order valence-electron chi connectivity index (χ1n) is 4.53. The molecule has 0 aliphatic carbocycles. The predicted molar refractivity (Wildman–Crippen MR) is 58.3 cm³/mol. The van der Waals surface area contributed by atoms with Gasteiger partial charge in [0.15, 0.2) is 0 Å². The van der Waals surface area contributed by atoms with Gasteiger partial charge in [-0.1, -0.05) is 46.9 Å². The molecule has 1 unspecified atom stereocenters. The molecule has 0 spiro atoms. The first-order chi connectivity index (χ1) is 5.93. The maximum Gasteiger partial charge on any atom is 0.0431 e. The molecule has 0 aromatic heterocycles. The van der Waals surface area contributed by atoms with Crippen molar-refractivity contribution < 1.29 is 5.11 Å². The average molecular weight is 204 g/mol. The van der Waals surface area contributed by atoms with Crippen LogP contribution in [0.3, 0.4) is 0 Å². The fraction of sp³-hybridized carbons (Fsp3) is 0.778. The van der Waals surface area contributed by atoms with Gasteiger partial charge in [-0.25, -0.2) is 0 Å². The third kappa shape index (κ3) is 4.43. The van der Waals surface area contributed by atoms with E-state index in [-0.39, 0.29) is 0 Å². The molecule has 0 fully saturated rings. The van der Waals surface area contributed by atoms with Gasteiger partial charge in [-0.15, -0.1) is 0 Å². The molecule has 0 aromatic carbocycles. The molecule has 0 radical (unpaired) electrons. The van der Waals surface area contributed by atoms with Crippen LogP contribution in [0.2, 0.25) is 0 Å². The van der Waals surface area contributed by atoms with Gasteiger partial charge in [-0.2, -0.15) is 0 Å². The largest absolute Gasteiger partial charge is 0.396 e. The fourth-order valence-corrected chi connectivity index (χ4v) is 3.47. The van der Waals surface area contributed by atoms with Gasteiger partial charge in [0.1, 0.15) is 0 Å². The molecule has 1 heterocycles. The number of hydrogen-bond donors (Lipinski definition) is 1. The average Bonchev–Trinajstić information content (AvgIpc) is 2.57. The minimum Gasteiger partial charge on any atom is -0.396 e. The summed E-state index contributed by atoms with van der Waals surface area (Å²) in [6.45, 7) is 0.355. The summed E-state index contributed by atoms with van der Waals surface area (Å²) >= 11 is 0. The molecule has 12 heavy (non-hydrogen) atoms. The van der Waals surface area contributed by atoms with Crippen molar-refractivity contribution in [2.75, 3.05) is 6.61 Å². The lowest BCUT2D eigenvalue weighted by Gasteiger charge is -2.04. The van der Waals surface area contributed by atoms with Crippen molar-refractivity contribution in [2.24, 2.45) is 0 Å². The van der Waals surface area contributed by atoms with Gasteiger partial charge in [0.25, 0.3) is 0 Å². The maximum atomic E-state index is 8.56. The molecule has 0 saturated carbocycles. The molecule has 1 nitrogen and oxygen atoms in total. The summed E-state index contributed by atoms with van der Waals surface area (Å²) in [7, 11) is 3.81. The van der Waals surface area contributed by atoms with Gasteiger partial charge in [0, 0.05) is 11.9 Å². The molecule has 1 N–H and O–H groups in total. The summed E-state index contributed by atoms with van der Waals surface area (Å²) in [6.07, 6.45) is 8.34.